The van der Waals surface area contributed by atoms with Gasteiger partial charge in [-0.05, 0) is 6.42 Å². The summed E-state index contributed by atoms with van der Waals surface area (Å²) in [5, 5.41) is 0. The van der Waals surface area contributed by atoms with Gasteiger partial charge in [0.1, 0.15) is 0 Å². The van der Waals surface area contributed by atoms with E-state index in [1.807, 2.05) is 0 Å². The van der Waals surface area contributed by atoms with E-state index in [0.29, 0.717) is 3.74 Å². The maximum atomic E-state index is 3.53. The Hall–Kier alpha value is 1.18. The van der Waals surface area contributed by atoms with Gasteiger partial charge < -0.3 is 0 Å². The summed E-state index contributed by atoms with van der Waals surface area (Å²) in [7, 11) is 1.37. The van der Waals surface area contributed by atoms with Crippen LogP contribution in [0.1, 0.15) is 51.9 Å². The molecule has 0 aromatic heterocycles. The molecule has 0 amide bonds. The molecular formula is C10H22Br2Si. The van der Waals surface area contributed by atoms with Crippen LogP contribution in [0.25, 0.3) is 0 Å². The molecule has 1 unspecified atom stereocenters. The van der Waals surface area contributed by atoms with Crippen molar-refractivity contribution in [2.75, 3.05) is 0 Å². The monoisotopic (exact) mass is 328 g/mol. The lowest BCUT2D eigenvalue weighted by Gasteiger charge is -2.11. The Kier molecular flexibility index (Phi) is 10.6. The Labute approximate surface area is 103 Å². The molecule has 0 aromatic carbocycles. The number of alkyl halides is 2. The molecule has 0 aliphatic carbocycles. The summed E-state index contributed by atoms with van der Waals surface area (Å²) in [6, 6.07) is 0. The predicted octanol–water partition coefficient (Wildman–Crippen LogP) is 4.01. The lowest BCUT2D eigenvalue weighted by Crippen LogP contribution is -1.96. The highest BCUT2D eigenvalue weighted by Gasteiger charge is 2.04. The van der Waals surface area contributed by atoms with Crippen molar-refractivity contribution in [3.05, 3.63) is 0 Å². The summed E-state index contributed by atoms with van der Waals surface area (Å²) in [6.45, 7) is 2.28. The largest absolute Gasteiger partial charge is 0.0765 e. The van der Waals surface area contributed by atoms with Gasteiger partial charge in [-0.1, -0.05) is 82.8 Å². The molecule has 80 valence electrons. The summed E-state index contributed by atoms with van der Waals surface area (Å²) in [6.07, 6.45) is 9.84. The van der Waals surface area contributed by atoms with Crippen molar-refractivity contribution < 1.29 is 0 Å². The van der Waals surface area contributed by atoms with Gasteiger partial charge in [0, 0.05) is 10.2 Å². The fraction of sp³-hybridized carbons (Fsp3) is 1.00. The zero-order valence-electron chi connectivity index (χ0n) is 8.86. The quantitative estimate of drug-likeness (QED) is 0.358. The molecule has 0 nitrogen and oxygen atoms in total. The van der Waals surface area contributed by atoms with Gasteiger partial charge >= 0.3 is 0 Å². The SMILES string of the molecule is CCCCCCC([SiH3])CCC(Br)Br. The smallest absolute Gasteiger partial charge is 0.0697 e. The molecular weight excluding hydrogens is 308 g/mol. The van der Waals surface area contributed by atoms with Crippen LogP contribution in [-0.2, 0) is 0 Å². The first-order chi connectivity index (χ1) is 6.16. The first kappa shape index (κ1) is 14.2. The average molecular weight is 330 g/mol. The van der Waals surface area contributed by atoms with Crippen molar-refractivity contribution in [1.82, 2.24) is 0 Å². The molecule has 3 heteroatoms. The maximum Gasteiger partial charge on any atom is 0.0697 e. The van der Waals surface area contributed by atoms with E-state index in [9.17, 15) is 0 Å². The molecule has 0 spiro atoms. The van der Waals surface area contributed by atoms with Crippen molar-refractivity contribution >= 4 is 42.1 Å². The van der Waals surface area contributed by atoms with Gasteiger partial charge in [-0.25, -0.2) is 0 Å². The van der Waals surface area contributed by atoms with E-state index in [-0.39, 0.29) is 0 Å². The fourth-order valence-corrected chi connectivity index (χ4v) is 2.74. The highest BCUT2D eigenvalue weighted by Crippen LogP contribution is 2.23. The predicted molar refractivity (Wildman–Crippen MR) is 73.3 cm³/mol. The van der Waals surface area contributed by atoms with Crippen molar-refractivity contribution in [2.45, 2.75) is 61.1 Å². The first-order valence-corrected chi connectivity index (χ1v) is 8.43. The highest BCUT2D eigenvalue weighted by atomic mass is 79.9. The van der Waals surface area contributed by atoms with Crippen LogP contribution in [0.5, 0.6) is 0 Å². The Morgan fingerprint density at radius 2 is 1.69 bits per heavy atom. The normalized spacial score (nSPS) is 13.8. The number of rotatable bonds is 8. The molecule has 0 radical (unpaired) electrons. The zero-order valence-corrected chi connectivity index (χ0v) is 14.0. The van der Waals surface area contributed by atoms with Crippen molar-refractivity contribution in [1.29, 1.82) is 0 Å². The van der Waals surface area contributed by atoms with Crippen LogP contribution in [0.15, 0.2) is 0 Å². The lowest BCUT2D eigenvalue weighted by atomic mass is 10.1. The van der Waals surface area contributed by atoms with Crippen LogP contribution in [0.4, 0.5) is 0 Å². The minimum absolute atomic E-state index is 0.534. The molecule has 0 saturated heterocycles. The first-order valence-electron chi connectivity index (χ1n) is 5.45. The Morgan fingerprint density at radius 1 is 1.00 bits per heavy atom. The number of hydrogen-bond donors (Lipinski definition) is 0. The molecule has 0 rings (SSSR count). The van der Waals surface area contributed by atoms with E-state index in [0.717, 1.165) is 5.54 Å². The van der Waals surface area contributed by atoms with Gasteiger partial charge in [-0.15, -0.1) is 0 Å². The molecule has 0 bridgehead atoms. The van der Waals surface area contributed by atoms with Gasteiger partial charge in [0.2, 0.25) is 0 Å². The molecule has 0 aromatic rings. The molecule has 13 heavy (non-hydrogen) atoms. The molecule has 0 saturated carbocycles. The molecule has 0 N–H and O–H groups in total. The summed E-state index contributed by atoms with van der Waals surface area (Å²) in [4.78, 5) is 0. The van der Waals surface area contributed by atoms with E-state index < -0.39 is 0 Å². The number of unbranched alkanes of at least 4 members (excludes halogenated alkanes) is 3. The van der Waals surface area contributed by atoms with Gasteiger partial charge in [0.15, 0.2) is 0 Å². The average Bonchev–Trinajstić information content (AvgIpc) is 2.09. The topological polar surface area (TPSA) is 0 Å². The molecule has 0 heterocycles. The van der Waals surface area contributed by atoms with Crippen LogP contribution >= 0.6 is 31.9 Å². The number of halogens is 2. The van der Waals surface area contributed by atoms with Gasteiger partial charge in [0.05, 0.1) is 3.74 Å². The highest BCUT2D eigenvalue weighted by molar-refractivity contribution is 9.24. The van der Waals surface area contributed by atoms with Gasteiger partial charge in [-0.2, -0.15) is 0 Å². The third-order valence-corrected chi connectivity index (χ3v) is 4.50. The van der Waals surface area contributed by atoms with Crippen LogP contribution in [0.3, 0.4) is 0 Å². The number of hydrogen-bond acceptors (Lipinski definition) is 0. The second-order valence-electron chi connectivity index (χ2n) is 3.92. The van der Waals surface area contributed by atoms with Crippen LogP contribution < -0.4 is 0 Å². The minimum Gasteiger partial charge on any atom is -0.0765 e. The van der Waals surface area contributed by atoms with Crippen molar-refractivity contribution in [3.63, 3.8) is 0 Å². The van der Waals surface area contributed by atoms with Gasteiger partial charge in [0.25, 0.3) is 0 Å². The Balaban J connectivity index is 3.15. The summed E-state index contributed by atoms with van der Waals surface area (Å²) >= 11 is 7.06. The second-order valence-corrected chi connectivity index (χ2v) is 9.00. The minimum atomic E-state index is 0.534. The third-order valence-electron chi connectivity index (χ3n) is 2.43. The molecule has 1 atom stereocenters. The standard InChI is InChI=1S/C10H22Br2Si/c1-2-3-4-5-6-9(13)7-8-10(11)12/h9-10H,2-8H2,1,13H3. The summed E-state index contributed by atoms with van der Waals surface area (Å²) in [5.41, 5.74) is 1.04. The van der Waals surface area contributed by atoms with Crippen LogP contribution in [0, 0.1) is 0 Å². The third kappa shape index (κ3) is 11.1. The van der Waals surface area contributed by atoms with E-state index in [1.165, 1.54) is 55.2 Å². The second kappa shape index (κ2) is 9.72. The summed E-state index contributed by atoms with van der Waals surface area (Å²) < 4.78 is 0.534. The van der Waals surface area contributed by atoms with E-state index >= 15 is 0 Å². The van der Waals surface area contributed by atoms with Crippen LogP contribution in [0.2, 0.25) is 5.54 Å². The Morgan fingerprint density at radius 3 is 2.23 bits per heavy atom. The van der Waals surface area contributed by atoms with E-state index in [1.54, 1.807) is 0 Å². The molecule has 0 fully saturated rings. The molecule has 0 aliphatic rings. The van der Waals surface area contributed by atoms with Crippen LogP contribution in [-0.4, -0.2) is 14.0 Å². The lowest BCUT2D eigenvalue weighted by molar-refractivity contribution is 0.584. The van der Waals surface area contributed by atoms with E-state index in [4.69, 9.17) is 0 Å². The van der Waals surface area contributed by atoms with Crippen molar-refractivity contribution in [2.24, 2.45) is 0 Å². The maximum absolute atomic E-state index is 3.53. The molecule has 0 aliphatic heterocycles. The summed E-state index contributed by atoms with van der Waals surface area (Å²) in [5.74, 6) is 0. The van der Waals surface area contributed by atoms with Crippen molar-refractivity contribution in [3.8, 4) is 0 Å². The zero-order chi connectivity index (χ0) is 10.1. The van der Waals surface area contributed by atoms with E-state index in [2.05, 4.69) is 38.8 Å². The Bertz CT molecular complexity index is 107. The van der Waals surface area contributed by atoms with Gasteiger partial charge in [-0.3, -0.25) is 0 Å². The fourth-order valence-electron chi connectivity index (χ4n) is 1.47.